The van der Waals surface area contributed by atoms with Crippen molar-refractivity contribution in [3.8, 4) is 0 Å². The van der Waals surface area contributed by atoms with Crippen molar-refractivity contribution in [3.05, 3.63) is 0 Å². The van der Waals surface area contributed by atoms with Crippen LogP contribution >= 0.6 is 12.6 Å². The highest BCUT2D eigenvalue weighted by Gasteiger charge is 2.22. The van der Waals surface area contributed by atoms with E-state index < -0.39 is 42.4 Å². The van der Waals surface area contributed by atoms with Gasteiger partial charge in [-0.05, 0) is 6.42 Å². The minimum absolute atomic E-state index is 0.0731. The predicted octanol–water partition coefficient (Wildman–Crippen LogP) is -3.54. The summed E-state index contributed by atoms with van der Waals surface area (Å²) in [5.74, 6) is -4.10. The van der Waals surface area contributed by atoms with Crippen LogP contribution < -0.4 is 21.5 Å². The van der Waals surface area contributed by atoms with E-state index in [-0.39, 0.29) is 18.6 Å². The van der Waals surface area contributed by atoms with E-state index in [2.05, 4.69) is 17.9 Å². The number of nitrogens with two attached hydrogens (primary N) is 1. The number of carbonyl (C=O) groups excluding carboxylic acids is 3. The van der Waals surface area contributed by atoms with Gasteiger partial charge >= 0.3 is 5.97 Å². The Morgan fingerprint density at radius 1 is 1.25 bits per heavy atom. The molecule has 0 radical (unpaired) electrons. The number of carbonyl (C=O) groups is 4. The maximum atomic E-state index is 11.6. The molecule has 5 N–H and O–H groups in total. The van der Waals surface area contributed by atoms with Crippen molar-refractivity contribution in [3.63, 3.8) is 0 Å². The lowest BCUT2D eigenvalue weighted by molar-refractivity contribution is -0.304. The summed E-state index contributed by atoms with van der Waals surface area (Å²) in [5, 5.41) is 22.9. The van der Waals surface area contributed by atoms with E-state index in [1.807, 2.05) is 5.32 Å². The second-order valence-corrected chi connectivity index (χ2v) is 4.24. The third-order valence-electron chi connectivity index (χ3n) is 2.23. The van der Waals surface area contributed by atoms with Crippen LogP contribution in [-0.2, 0) is 19.2 Å². The summed E-state index contributed by atoms with van der Waals surface area (Å²) >= 11 is 3.85. The Morgan fingerprint density at radius 3 is 2.30 bits per heavy atom. The van der Waals surface area contributed by atoms with Gasteiger partial charge in [-0.15, -0.1) is 0 Å². The van der Waals surface area contributed by atoms with Crippen molar-refractivity contribution in [1.82, 2.24) is 10.6 Å². The van der Waals surface area contributed by atoms with Gasteiger partial charge in [-0.2, -0.15) is 12.6 Å². The molecular formula is C10H16N3O6S-. The second kappa shape index (κ2) is 9.15. The summed E-state index contributed by atoms with van der Waals surface area (Å²) in [6.45, 7) is -0.690. The molecule has 0 spiro atoms. The van der Waals surface area contributed by atoms with Crippen LogP contribution in [0.25, 0.3) is 0 Å². The molecule has 2 atom stereocenters. The molecule has 0 aliphatic carbocycles. The number of amides is 2. The quantitative estimate of drug-likeness (QED) is 0.275. The zero-order valence-electron chi connectivity index (χ0n) is 10.5. The van der Waals surface area contributed by atoms with Gasteiger partial charge in [-0.1, -0.05) is 0 Å². The van der Waals surface area contributed by atoms with Gasteiger partial charge in [0.1, 0.15) is 6.04 Å². The number of carboxylic acids is 2. The topological polar surface area (TPSA) is 162 Å². The molecule has 0 aromatic rings. The standard InChI is InChI=1S/C10H17N3O6S/c11-5(1-2-7(14)15)9(18)13-6(4-20)10(19)12-3-8(16)17/h5-6,20H,1-4,11H2,(H,12,19)(H,13,18)(H,14,15)(H,16,17)/p-1. The van der Waals surface area contributed by atoms with Crippen molar-refractivity contribution in [2.45, 2.75) is 24.9 Å². The van der Waals surface area contributed by atoms with Crippen LogP contribution in [0, 0.1) is 0 Å². The minimum Gasteiger partial charge on any atom is -0.548 e. The molecule has 0 rings (SSSR count). The van der Waals surface area contributed by atoms with E-state index in [4.69, 9.17) is 10.8 Å². The molecule has 0 saturated heterocycles. The highest BCUT2D eigenvalue weighted by Crippen LogP contribution is 1.97. The van der Waals surface area contributed by atoms with Crippen LogP contribution in [0.1, 0.15) is 12.8 Å². The molecule has 114 valence electrons. The lowest BCUT2D eigenvalue weighted by Crippen LogP contribution is -2.53. The van der Waals surface area contributed by atoms with Crippen molar-refractivity contribution < 1.29 is 29.4 Å². The van der Waals surface area contributed by atoms with Gasteiger partial charge in [-0.25, -0.2) is 0 Å². The second-order valence-electron chi connectivity index (χ2n) is 3.87. The lowest BCUT2D eigenvalue weighted by atomic mass is 10.1. The van der Waals surface area contributed by atoms with Crippen LogP contribution in [0.5, 0.6) is 0 Å². The van der Waals surface area contributed by atoms with Crippen LogP contribution in [-0.4, -0.2) is 53.2 Å². The number of aliphatic carboxylic acids is 2. The molecule has 0 fully saturated rings. The van der Waals surface area contributed by atoms with Crippen molar-refractivity contribution in [1.29, 1.82) is 0 Å². The first kappa shape index (κ1) is 18.2. The first-order valence-corrected chi connectivity index (χ1v) is 6.27. The Morgan fingerprint density at radius 2 is 1.85 bits per heavy atom. The number of hydrogen-bond acceptors (Lipinski definition) is 7. The molecule has 0 aliphatic rings. The molecule has 0 bridgehead atoms. The summed E-state index contributed by atoms with van der Waals surface area (Å²) < 4.78 is 0. The fraction of sp³-hybridized carbons (Fsp3) is 0.600. The number of nitrogens with one attached hydrogen (secondary N) is 2. The van der Waals surface area contributed by atoms with Gasteiger partial charge in [0.05, 0.1) is 18.6 Å². The summed E-state index contributed by atoms with van der Waals surface area (Å²) in [4.78, 5) is 43.6. The average molecular weight is 306 g/mol. The minimum atomic E-state index is -1.47. The molecule has 0 aromatic carbocycles. The fourth-order valence-electron chi connectivity index (χ4n) is 1.17. The van der Waals surface area contributed by atoms with E-state index in [0.29, 0.717) is 0 Å². The van der Waals surface area contributed by atoms with Crippen LogP contribution in [0.4, 0.5) is 0 Å². The molecule has 0 aliphatic heterocycles. The fourth-order valence-corrected chi connectivity index (χ4v) is 1.42. The van der Waals surface area contributed by atoms with E-state index in [1.165, 1.54) is 0 Å². The van der Waals surface area contributed by atoms with E-state index in [9.17, 15) is 24.3 Å². The number of rotatable bonds is 9. The van der Waals surface area contributed by atoms with Gasteiger partial charge < -0.3 is 31.4 Å². The number of hydrogen-bond donors (Lipinski definition) is 5. The average Bonchev–Trinajstić information content (AvgIpc) is 2.38. The van der Waals surface area contributed by atoms with Crippen LogP contribution in [0.2, 0.25) is 0 Å². The molecule has 0 saturated carbocycles. The van der Waals surface area contributed by atoms with E-state index >= 15 is 0 Å². The largest absolute Gasteiger partial charge is 0.548 e. The van der Waals surface area contributed by atoms with Gasteiger partial charge in [0, 0.05) is 12.2 Å². The SMILES string of the molecule is NC(CCC(=O)O)C(=O)NC(CS)C(=O)NCC(=O)[O-]. The normalized spacial score (nSPS) is 13.1. The van der Waals surface area contributed by atoms with Gasteiger partial charge in [0.2, 0.25) is 11.8 Å². The monoisotopic (exact) mass is 306 g/mol. The maximum Gasteiger partial charge on any atom is 0.303 e. The van der Waals surface area contributed by atoms with Crippen molar-refractivity contribution in [2.24, 2.45) is 5.73 Å². The van der Waals surface area contributed by atoms with Crippen LogP contribution in [0.15, 0.2) is 0 Å². The number of carboxylic acid groups (broad SMARTS) is 2. The third-order valence-corrected chi connectivity index (χ3v) is 2.59. The van der Waals surface area contributed by atoms with Crippen molar-refractivity contribution in [2.75, 3.05) is 12.3 Å². The summed E-state index contributed by atoms with van der Waals surface area (Å²) in [6, 6.07) is -2.15. The Balaban J connectivity index is 4.33. The lowest BCUT2D eigenvalue weighted by Gasteiger charge is -2.19. The summed E-state index contributed by atoms with van der Waals surface area (Å²) in [5.41, 5.74) is 5.45. The van der Waals surface area contributed by atoms with Crippen LogP contribution in [0.3, 0.4) is 0 Å². The van der Waals surface area contributed by atoms with Crippen molar-refractivity contribution >= 4 is 36.4 Å². The highest BCUT2D eigenvalue weighted by molar-refractivity contribution is 7.80. The highest BCUT2D eigenvalue weighted by atomic mass is 32.1. The Hall–Kier alpha value is -1.81. The molecule has 2 amide bonds. The molecule has 20 heavy (non-hydrogen) atoms. The predicted molar refractivity (Wildman–Crippen MR) is 68.6 cm³/mol. The molecule has 0 aromatic heterocycles. The molecule has 10 heteroatoms. The Bertz CT molecular complexity index is 389. The number of thiol groups is 1. The van der Waals surface area contributed by atoms with E-state index in [0.717, 1.165) is 0 Å². The summed E-state index contributed by atoms with van der Waals surface area (Å²) in [6.07, 6.45) is -0.363. The van der Waals surface area contributed by atoms with E-state index in [1.54, 1.807) is 0 Å². The molecule has 2 unspecified atom stereocenters. The van der Waals surface area contributed by atoms with Gasteiger partial charge in [-0.3, -0.25) is 14.4 Å². The first-order valence-electron chi connectivity index (χ1n) is 5.64. The molecular weight excluding hydrogens is 290 g/mol. The molecule has 0 heterocycles. The zero-order chi connectivity index (χ0) is 15.7. The third kappa shape index (κ3) is 7.59. The van der Waals surface area contributed by atoms with Gasteiger partial charge in [0.15, 0.2) is 0 Å². The zero-order valence-corrected chi connectivity index (χ0v) is 11.4. The smallest absolute Gasteiger partial charge is 0.303 e. The Kier molecular flexibility index (Phi) is 8.32. The maximum absolute atomic E-state index is 11.6. The summed E-state index contributed by atoms with van der Waals surface area (Å²) in [7, 11) is 0. The first-order chi connectivity index (χ1) is 9.27. The van der Waals surface area contributed by atoms with Gasteiger partial charge in [0.25, 0.3) is 0 Å². The Labute approximate surface area is 120 Å². The molecule has 9 nitrogen and oxygen atoms in total.